The molecule has 0 fully saturated rings. The summed E-state index contributed by atoms with van der Waals surface area (Å²) >= 11 is 11.4. The Morgan fingerprint density at radius 2 is 2.14 bits per heavy atom. The van der Waals surface area contributed by atoms with Gasteiger partial charge in [0, 0.05) is 18.3 Å². The lowest BCUT2D eigenvalue weighted by Gasteiger charge is -2.17. The van der Waals surface area contributed by atoms with E-state index in [4.69, 9.17) is 23.8 Å². The van der Waals surface area contributed by atoms with Crippen LogP contribution >= 0.6 is 23.8 Å². The van der Waals surface area contributed by atoms with Crippen LogP contribution in [0.25, 0.3) is 0 Å². The first-order valence-electron chi connectivity index (χ1n) is 6.87. The zero-order valence-corrected chi connectivity index (χ0v) is 13.9. The zero-order chi connectivity index (χ0) is 15.4. The molecule has 112 valence electrons. The number of rotatable bonds is 4. The van der Waals surface area contributed by atoms with Crippen molar-refractivity contribution in [2.24, 2.45) is 0 Å². The Labute approximate surface area is 135 Å². The van der Waals surface area contributed by atoms with E-state index in [1.54, 1.807) is 0 Å². The summed E-state index contributed by atoms with van der Waals surface area (Å²) in [6.07, 6.45) is 2.05. The van der Waals surface area contributed by atoms with Crippen molar-refractivity contribution in [2.45, 2.75) is 33.4 Å². The van der Waals surface area contributed by atoms with Gasteiger partial charge in [-0.05, 0) is 45.1 Å². The molecule has 1 aromatic carbocycles. The molecule has 1 atom stereocenters. The van der Waals surface area contributed by atoms with Crippen molar-refractivity contribution in [1.82, 2.24) is 15.1 Å². The van der Waals surface area contributed by atoms with Gasteiger partial charge in [0.05, 0.1) is 22.4 Å². The van der Waals surface area contributed by atoms with Crippen LogP contribution in [0.4, 0.5) is 5.69 Å². The van der Waals surface area contributed by atoms with Crippen molar-refractivity contribution in [3.05, 3.63) is 46.7 Å². The number of thiocarbonyl (C=S) groups is 1. The number of halogens is 1. The molecule has 6 heteroatoms. The molecule has 0 spiro atoms. The molecule has 0 radical (unpaired) electrons. The highest BCUT2D eigenvalue weighted by Crippen LogP contribution is 2.21. The van der Waals surface area contributed by atoms with Crippen LogP contribution in [-0.2, 0) is 6.54 Å². The topological polar surface area (TPSA) is 41.9 Å². The lowest BCUT2D eigenvalue weighted by atomic mass is 10.1. The van der Waals surface area contributed by atoms with Crippen LogP contribution in [0.1, 0.15) is 31.1 Å². The molecule has 0 aliphatic carbocycles. The van der Waals surface area contributed by atoms with E-state index in [1.807, 2.05) is 42.1 Å². The predicted octanol–water partition coefficient (Wildman–Crippen LogP) is 3.91. The molecule has 1 unspecified atom stereocenters. The molecule has 0 aliphatic heterocycles. The molecule has 0 saturated heterocycles. The minimum Gasteiger partial charge on any atom is -0.356 e. The number of hydrogen-bond acceptors (Lipinski definition) is 2. The molecule has 2 aromatic rings. The second-order valence-corrected chi connectivity index (χ2v) is 5.64. The largest absolute Gasteiger partial charge is 0.356 e. The lowest BCUT2D eigenvalue weighted by Crippen LogP contribution is -2.31. The van der Waals surface area contributed by atoms with Gasteiger partial charge in [0.15, 0.2) is 5.11 Å². The average Bonchev–Trinajstić information content (AvgIpc) is 2.82. The second-order valence-electron chi connectivity index (χ2n) is 4.83. The second kappa shape index (κ2) is 6.91. The predicted molar refractivity (Wildman–Crippen MR) is 91.9 cm³/mol. The van der Waals surface area contributed by atoms with E-state index in [9.17, 15) is 0 Å². The highest BCUT2D eigenvalue weighted by atomic mass is 35.5. The molecule has 4 nitrogen and oxygen atoms in total. The zero-order valence-electron chi connectivity index (χ0n) is 12.4. The van der Waals surface area contributed by atoms with Crippen molar-refractivity contribution >= 4 is 34.6 Å². The highest BCUT2D eigenvalue weighted by molar-refractivity contribution is 7.80. The monoisotopic (exact) mass is 322 g/mol. The van der Waals surface area contributed by atoms with E-state index in [-0.39, 0.29) is 6.04 Å². The molecular formula is C15H19ClN4S. The summed E-state index contributed by atoms with van der Waals surface area (Å²) < 4.78 is 1.92. The number of aromatic nitrogens is 2. The first-order valence-corrected chi connectivity index (χ1v) is 7.66. The van der Waals surface area contributed by atoms with Crippen LogP contribution in [0.3, 0.4) is 0 Å². The lowest BCUT2D eigenvalue weighted by molar-refractivity contribution is 0.651. The number of hydrogen-bond donors (Lipinski definition) is 2. The van der Waals surface area contributed by atoms with Gasteiger partial charge < -0.3 is 10.6 Å². The van der Waals surface area contributed by atoms with Gasteiger partial charge in [-0.1, -0.05) is 23.7 Å². The molecule has 0 aliphatic rings. The van der Waals surface area contributed by atoms with Crippen LogP contribution in [-0.4, -0.2) is 14.9 Å². The van der Waals surface area contributed by atoms with Crippen molar-refractivity contribution < 1.29 is 0 Å². The van der Waals surface area contributed by atoms with E-state index in [1.165, 1.54) is 0 Å². The van der Waals surface area contributed by atoms with Gasteiger partial charge >= 0.3 is 0 Å². The first kappa shape index (κ1) is 15.8. The Morgan fingerprint density at radius 3 is 2.76 bits per heavy atom. The van der Waals surface area contributed by atoms with Gasteiger partial charge in [0.2, 0.25) is 0 Å². The number of benzene rings is 1. The molecule has 1 heterocycles. The average molecular weight is 323 g/mol. The Hall–Kier alpha value is -1.59. The van der Waals surface area contributed by atoms with E-state index < -0.39 is 0 Å². The van der Waals surface area contributed by atoms with Gasteiger partial charge in [0.1, 0.15) is 0 Å². The van der Waals surface area contributed by atoms with Crippen LogP contribution in [0, 0.1) is 6.92 Å². The van der Waals surface area contributed by atoms with Crippen molar-refractivity contribution in [3.63, 3.8) is 0 Å². The Morgan fingerprint density at radius 1 is 1.43 bits per heavy atom. The molecule has 0 saturated carbocycles. The first-order chi connectivity index (χ1) is 10.0. The maximum atomic E-state index is 6.11. The normalized spacial score (nSPS) is 12.0. The third-order valence-corrected chi connectivity index (χ3v) is 3.79. The van der Waals surface area contributed by atoms with Crippen molar-refractivity contribution in [1.29, 1.82) is 0 Å². The third kappa shape index (κ3) is 3.95. The maximum absolute atomic E-state index is 6.11. The van der Waals surface area contributed by atoms with Gasteiger partial charge in [-0.2, -0.15) is 5.10 Å². The summed E-state index contributed by atoms with van der Waals surface area (Å²) in [5.74, 6) is 0. The van der Waals surface area contributed by atoms with Gasteiger partial charge in [-0.25, -0.2) is 0 Å². The Bertz CT molecular complexity index is 638. The van der Waals surface area contributed by atoms with E-state index in [0.717, 1.165) is 23.5 Å². The number of aryl methyl sites for hydroxylation is 2. The molecule has 0 bridgehead atoms. The quantitative estimate of drug-likeness (QED) is 0.837. The van der Waals surface area contributed by atoms with Gasteiger partial charge in [-0.3, -0.25) is 4.68 Å². The SMILES string of the molecule is CCn1cc(C(C)NC(=S)Nc2ccccc2Cl)c(C)n1. The van der Waals surface area contributed by atoms with Crippen LogP contribution < -0.4 is 10.6 Å². The summed E-state index contributed by atoms with van der Waals surface area (Å²) in [5, 5.41) is 12.0. The fourth-order valence-electron chi connectivity index (χ4n) is 2.12. The van der Waals surface area contributed by atoms with Crippen molar-refractivity contribution in [2.75, 3.05) is 5.32 Å². The molecule has 21 heavy (non-hydrogen) atoms. The van der Waals surface area contributed by atoms with Crippen LogP contribution in [0.2, 0.25) is 5.02 Å². The summed E-state index contributed by atoms with van der Waals surface area (Å²) in [6.45, 7) is 6.99. The maximum Gasteiger partial charge on any atom is 0.171 e. The number of anilines is 1. The minimum atomic E-state index is 0.0767. The minimum absolute atomic E-state index is 0.0767. The molecular weight excluding hydrogens is 304 g/mol. The number of nitrogens with one attached hydrogen (secondary N) is 2. The highest BCUT2D eigenvalue weighted by Gasteiger charge is 2.13. The Balaban J connectivity index is 2.02. The number of para-hydroxylation sites is 1. The van der Waals surface area contributed by atoms with Crippen molar-refractivity contribution in [3.8, 4) is 0 Å². The summed E-state index contributed by atoms with van der Waals surface area (Å²) in [4.78, 5) is 0. The van der Waals surface area contributed by atoms with E-state index in [0.29, 0.717) is 10.1 Å². The van der Waals surface area contributed by atoms with Gasteiger partial charge in [-0.15, -0.1) is 0 Å². The smallest absolute Gasteiger partial charge is 0.171 e. The molecule has 1 aromatic heterocycles. The molecule has 2 N–H and O–H groups in total. The van der Waals surface area contributed by atoms with E-state index >= 15 is 0 Å². The molecule has 0 amide bonds. The fourth-order valence-corrected chi connectivity index (χ4v) is 2.59. The summed E-state index contributed by atoms with van der Waals surface area (Å²) in [7, 11) is 0. The fraction of sp³-hybridized carbons (Fsp3) is 0.333. The standard InChI is InChI=1S/C15H19ClN4S/c1-4-20-9-12(11(3)19-20)10(2)17-15(21)18-14-8-6-5-7-13(14)16/h5-10H,4H2,1-3H3,(H2,17,18,21). The van der Waals surface area contributed by atoms with Gasteiger partial charge in [0.25, 0.3) is 0 Å². The summed E-state index contributed by atoms with van der Waals surface area (Å²) in [5.41, 5.74) is 2.95. The van der Waals surface area contributed by atoms with E-state index in [2.05, 4.69) is 29.6 Å². The number of nitrogens with zero attached hydrogens (tertiary/aromatic N) is 2. The third-order valence-electron chi connectivity index (χ3n) is 3.24. The Kier molecular flexibility index (Phi) is 5.20. The summed E-state index contributed by atoms with van der Waals surface area (Å²) in [6, 6.07) is 7.59. The van der Waals surface area contributed by atoms with Crippen LogP contribution in [0.15, 0.2) is 30.5 Å². The molecule has 2 rings (SSSR count). The van der Waals surface area contributed by atoms with Crippen LogP contribution in [0.5, 0.6) is 0 Å².